The zero-order valence-corrected chi connectivity index (χ0v) is 17.0. The third-order valence-corrected chi connectivity index (χ3v) is 5.31. The number of hydrogen-bond donors (Lipinski definition) is 1. The quantitative estimate of drug-likeness (QED) is 0.714. The number of piperazine rings is 1. The molecule has 10 heteroatoms. The van der Waals surface area contributed by atoms with Crippen molar-refractivity contribution in [1.29, 1.82) is 0 Å². The maximum atomic E-state index is 12.7. The Labute approximate surface area is 173 Å². The minimum Gasteiger partial charge on any atom is -0.353 e. The molecule has 150 valence electrons. The Morgan fingerprint density at radius 2 is 1.89 bits per heavy atom. The molecule has 0 unspecified atom stereocenters. The van der Waals surface area contributed by atoms with Crippen molar-refractivity contribution in [2.45, 2.75) is 6.18 Å². The number of carbonyl (C=O) groups is 1. The lowest BCUT2D eigenvalue weighted by Gasteiger charge is -2.35. The van der Waals surface area contributed by atoms with E-state index in [1.54, 1.807) is 6.07 Å². The van der Waals surface area contributed by atoms with E-state index in [4.69, 9.17) is 11.6 Å². The van der Waals surface area contributed by atoms with Crippen molar-refractivity contribution in [2.24, 2.45) is 0 Å². The van der Waals surface area contributed by atoms with Gasteiger partial charge in [0.2, 0.25) is 5.91 Å². The van der Waals surface area contributed by atoms with Crippen LogP contribution in [-0.2, 0) is 11.0 Å². The average molecular weight is 478 g/mol. The highest BCUT2D eigenvalue weighted by atomic mass is 79.9. The molecule has 0 bridgehead atoms. The van der Waals surface area contributed by atoms with Gasteiger partial charge in [-0.15, -0.1) is 0 Å². The standard InChI is InChI=1S/C18H17BrClF3N4O/c19-13-3-1-2-4-15(13)25-16(28)11-26-5-7-27(8-6-26)17-14(20)9-12(10-24-17)18(21,22)23/h1-4,9-10H,5-8,11H2,(H,25,28). The van der Waals surface area contributed by atoms with E-state index in [9.17, 15) is 18.0 Å². The van der Waals surface area contributed by atoms with Crippen molar-refractivity contribution in [3.05, 3.63) is 51.6 Å². The summed E-state index contributed by atoms with van der Waals surface area (Å²) in [5, 5.41) is 2.82. The van der Waals surface area contributed by atoms with Crippen LogP contribution in [0.15, 0.2) is 41.0 Å². The van der Waals surface area contributed by atoms with E-state index >= 15 is 0 Å². The van der Waals surface area contributed by atoms with Crippen LogP contribution >= 0.6 is 27.5 Å². The van der Waals surface area contributed by atoms with Gasteiger partial charge < -0.3 is 10.2 Å². The number of halogens is 5. The second kappa shape index (κ2) is 8.67. The van der Waals surface area contributed by atoms with E-state index in [0.717, 1.165) is 16.7 Å². The molecule has 1 saturated heterocycles. The Hall–Kier alpha value is -1.84. The molecule has 2 heterocycles. The number of hydrogen-bond acceptors (Lipinski definition) is 4. The minimum atomic E-state index is -4.48. The van der Waals surface area contributed by atoms with Gasteiger partial charge in [0.25, 0.3) is 0 Å². The summed E-state index contributed by atoms with van der Waals surface area (Å²) in [6.45, 7) is 2.40. The van der Waals surface area contributed by atoms with E-state index in [1.807, 2.05) is 28.0 Å². The van der Waals surface area contributed by atoms with Crippen molar-refractivity contribution in [3.8, 4) is 0 Å². The van der Waals surface area contributed by atoms with Gasteiger partial charge in [-0.2, -0.15) is 13.2 Å². The molecule has 1 N–H and O–H groups in total. The van der Waals surface area contributed by atoms with Crippen molar-refractivity contribution < 1.29 is 18.0 Å². The molecule has 28 heavy (non-hydrogen) atoms. The molecule has 5 nitrogen and oxygen atoms in total. The predicted molar refractivity (Wildman–Crippen MR) is 106 cm³/mol. The first-order valence-electron chi connectivity index (χ1n) is 8.48. The van der Waals surface area contributed by atoms with Crippen LogP contribution in [0.3, 0.4) is 0 Å². The van der Waals surface area contributed by atoms with Gasteiger partial charge >= 0.3 is 6.18 Å². The molecule has 0 spiro atoms. The highest BCUT2D eigenvalue weighted by molar-refractivity contribution is 9.10. The Kier molecular flexibility index (Phi) is 6.47. The number of anilines is 2. The topological polar surface area (TPSA) is 48.5 Å². The molecule has 1 aromatic heterocycles. The highest BCUT2D eigenvalue weighted by Gasteiger charge is 2.32. The summed E-state index contributed by atoms with van der Waals surface area (Å²) in [6.07, 6.45) is -3.69. The fourth-order valence-electron chi connectivity index (χ4n) is 2.89. The number of nitrogens with one attached hydrogen (secondary N) is 1. The van der Waals surface area contributed by atoms with Crippen molar-refractivity contribution in [3.63, 3.8) is 0 Å². The number of aromatic nitrogens is 1. The van der Waals surface area contributed by atoms with Gasteiger partial charge in [-0.1, -0.05) is 23.7 Å². The number of rotatable bonds is 4. The number of pyridine rings is 1. The summed E-state index contributed by atoms with van der Waals surface area (Å²) in [5.74, 6) is 0.193. The molecule has 3 rings (SSSR count). The molecule has 0 atom stereocenters. The lowest BCUT2D eigenvalue weighted by Crippen LogP contribution is -2.49. The van der Waals surface area contributed by atoms with Gasteiger partial charge in [0, 0.05) is 36.8 Å². The second-order valence-electron chi connectivity index (χ2n) is 6.32. The van der Waals surface area contributed by atoms with E-state index in [0.29, 0.717) is 37.7 Å². The SMILES string of the molecule is O=C(CN1CCN(c2ncc(C(F)(F)F)cc2Cl)CC1)Nc1ccccc1Br. The molecule has 1 aliphatic rings. The van der Waals surface area contributed by atoms with E-state index in [-0.39, 0.29) is 17.5 Å². The van der Waals surface area contributed by atoms with Crippen LogP contribution < -0.4 is 10.2 Å². The molecular formula is C18H17BrClF3N4O. The molecule has 1 aromatic carbocycles. The molecule has 0 radical (unpaired) electrons. The van der Waals surface area contributed by atoms with Gasteiger partial charge in [0.1, 0.15) is 5.82 Å². The molecule has 1 fully saturated rings. The van der Waals surface area contributed by atoms with Gasteiger partial charge in [-0.3, -0.25) is 9.69 Å². The smallest absolute Gasteiger partial charge is 0.353 e. The normalized spacial score (nSPS) is 15.5. The number of carbonyl (C=O) groups excluding carboxylic acids is 1. The summed E-state index contributed by atoms with van der Waals surface area (Å²) < 4.78 is 39.0. The second-order valence-corrected chi connectivity index (χ2v) is 7.58. The summed E-state index contributed by atoms with van der Waals surface area (Å²) >= 11 is 9.39. The summed E-state index contributed by atoms with van der Waals surface area (Å²) in [6, 6.07) is 8.23. The minimum absolute atomic E-state index is 0.0325. The Balaban J connectivity index is 1.55. The predicted octanol–water partition coefficient (Wildman–Crippen LogP) is 4.28. The van der Waals surface area contributed by atoms with Crippen LogP contribution in [0, 0.1) is 0 Å². The molecule has 1 amide bonds. The largest absolute Gasteiger partial charge is 0.417 e. The zero-order chi connectivity index (χ0) is 20.3. The number of nitrogens with zero attached hydrogens (tertiary/aromatic N) is 3. The maximum Gasteiger partial charge on any atom is 0.417 e. The molecular weight excluding hydrogens is 461 g/mol. The fraction of sp³-hybridized carbons (Fsp3) is 0.333. The molecule has 0 saturated carbocycles. The van der Waals surface area contributed by atoms with Crippen LogP contribution in [0.2, 0.25) is 5.02 Å². The third-order valence-electron chi connectivity index (χ3n) is 4.34. The highest BCUT2D eigenvalue weighted by Crippen LogP contribution is 2.33. The Morgan fingerprint density at radius 3 is 2.50 bits per heavy atom. The Morgan fingerprint density at radius 1 is 1.21 bits per heavy atom. The first-order chi connectivity index (χ1) is 13.2. The van der Waals surface area contributed by atoms with Gasteiger partial charge in [0.05, 0.1) is 22.8 Å². The summed E-state index contributed by atoms with van der Waals surface area (Å²) in [7, 11) is 0. The average Bonchev–Trinajstić information content (AvgIpc) is 2.63. The van der Waals surface area contributed by atoms with Gasteiger partial charge in [0.15, 0.2) is 0 Å². The number of alkyl halides is 3. The molecule has 1 aliphatic heterocycles. The lowest BCUT2D eigenvalue weighted by molar-refractivity contribution is -0.137. The van der Waals surface area contributed by atoms with E-state index in [2.05, 4.69) is 26.2 Å². The third kappa shape index (κ3) is 5.15. The summed E-state index contributed by atoms with van der Waals surface area (Å²) in [5.41, 5.74) is -0.171. The molecule has 2 aromatic rings. The molecule has 0 aliphatic carbocycles. The van der Waals surface area contributed by atoms with Crippen LogP contribution in [0.25, 0.3) is 0 Å². The first-order valence-corrected chi connectivity index (χ1v) is 9.65. The van der Waals surface area contributed by atoms with Crippen molar-refractivity contribution in [1.82, 2.24) is 9.88 Å². The maximum absolute atomic E-state index is 12.7. The van der Waals surface area contributed by atoms with Crippen LogP contribution in [0.4, 0.5) is 24.7 Å². The van der Waals surface area contributed by atoms with E-state index < -0.39 is 11.7 Å². The van der Waals surface area contributed by atoms with Crippen molar-refractivity contribution in [2.75, 3.05) is 42.9 Å². The van der Waals surface area contributed by atoms with E-state index in [1.165, 1.54) is 0 Å². The van der Waals surface area contributed by atoms with Gasteiger partial charge in [-0.05, 0) is 34.1 Å². The lowest BCUT2D eigenvalue weighted by atomic mass is 10.2. The van der Waals surface area contributed by atoms with Crippen LogP contribution in [0.5, 0.6) is 0 Å². The first kappa shape index (κ1) is 20.9. The monoisotopic (exact) mass is 476 g/mol. The Bertz CT molecular complexity index is 857. The zero-order valence-electron chi connectivity index (χ0n) is 14.6. The van der Waals surface area contributed by atoms with Crippen LogP contribution in [0.1, 0.15) is 5.56 Å². The summed E-state index contributed by atoms with van der Waals surface area (Å²) in [4.78, 5) is 19.9. The van der Waals surface area contributed by atoms with Gasteiger partial charge in [-0.25, -0.2) is 4.98 Å². The number of para-hydroxylation sites is 1. The number of amides is 1. The van der Waals surface area contributed by atoms with Crippen LogP contribution in [-0.4, -0.2) is 48.5 Å². The number of benzene rings is 1. The fourth-order valence-corrected chi connectivity index (χ4v) is 3.56. The van der Waals surface area contributed by atoms with Crippen molar-refractivity contribution >= 4 is 44.9 Å².